The van der Waals surface area contributed by atoms with Gasteiger partial charge in [-0.3, -0.25) is 9.89 Å². The van der Waals surface area contributed by atoms with Gasteiger partial charge in [0.25, 0.3) is 5.91 Å². The molecule has 0 fully saturated rings. The molecule has 0 saturated carbocycles. The van der Waals surface area contributed by atoms with E-state index in [2.05, 4.69) is 20.5 Å². The van der Waals surface area contributed by atoms with Crippen LogP contribution in [0.25, 0.3) is 17.1 Å². The molecule has 0 bridgehead atoms. The maximum atomic E-state index is 12.2. The summed E-state index contributed by atoms with van der Waals surface area (Å²) in [4.78, 5) is 16.6. The van der Waals surface area contributed by atoms with Crippen LogP contribution < -0.4 is 5.32 Å². The Hall–Kier alpha value is -3.35. The first-order valence-electron chi connectivity index (χ1n) is 7.10. The number of furan rings is 1. The highest BCUT2D eigenvalue weighted by Gasteiger charge is 2.13. The molecule has 2 N–H and O–H groups in total. The van der Waals surface area contributed by atoms with E-state index in [9.17, 15) is 4.79 Å². The van der Waals surface area contributed by atoms with Crippen LogP contribution in [0.3, 0.4) is 0 Å². The lowest BCUT2D eigenvalue weighted by molar-refractivity contribution is 0.0945. The zero-order valence-corrected chi connectivity index (χ0v) is 12.1. The van der Waals surface area contributed by atoms with Gasteiger partial charge in [-0.1, -0.05) is 6.07 Å². The van der Waals surface area contributed by atoms with Crippen LogP contribution in [-0.2, 0) is 6.54 Å². The van der Waals surface area contributed by atoms with Gasteiger partial charge in [-0.2, -0.15) is 5.10 Å². The number of carbonyl (C=O) groups is 1. The Labute approximate surface area is 131 Å². The first kappa shape index (κ1) is 13.3. The number of pyridine rings is 1. The fourth-order valence-corrected chi connectivity index (χ4v) is 2.33. The van der Waals surface area contributed by atoms with Crippen molar-refractivity contribution in [2.45, 2.75) is 6.54 Å². The third-order valence-electron chi connectivity index (χ3n) is 3.44. The standard InChI is InChI=1S/C16H13N5O2/c22-16(13-8-12(19-20-13)14-4-3-7-23-14)17-9-11-10-21-6-2-1-5-15(21)18-11/h1-8,10H,9H2,(H,17,22)(H,19,20). The molecule has 0 aliphatic rings. The minimum atomic E-state index is -0.267. The van der Waals surface area contributed by atoms with Crippen molar-refractivity contribution in [2.24, 2.45) is 0 Å². The predicted octanol–water partition coefficient (Wildman–Crippen LogP) is 2.25. The number of rotatable bonds is 4. The molecular weight excluding hydrogens is 294 g/mol. The van der Waals surface area contributed by atoms with E-state index in [1.54, 1.807) is 24.5 Å². The second-order valence-electron chi connectivity index (χ2n) is 5.03. The zero-order chi connectivity index (χ0) is 15.6. The molecule has 0 spiro atoms. The van der Waals surface area contributed by atoms with Gasteiger partial charge in [0.1, 0.15) is 11.3 Å². The van der Waals surface area contributed by atoms with Crippen molar-refractivity contribution in [3.05, 3.63) is 66.4 Å². The summed E-state index contributed by atoms with van der Waals surface area (Å²) in [5, 5.41) is 9.60. The van der Waals surface area contributed by atoms with E-state index in [0.717, 1.165) is 11.3 Å². The molecule has 4 aromatic rings. The zero-order valence-electron chi connectivity index (χ0n) is 12.1. The third kappa shape index (κ3) is 2.59. The predicted molar refractivity (Wildman–Crippen MR) is 82.7 cm³/mol. The van der Waals surface area contributed by atoms with Crippen LogP contribution in [0.2, 0.25) is 0 Å². The van der Waals surface area contributed by atoms with Gasteiger partial charge in [0.15, 0.2) is 11.5 Å². The number of fused-ring (bicyclic) bond motifs is 1. The molecule has 1 amide bonds. The molecule has 0 aromatic carbocycles. The second-order valence-corrected chi connectivity index (χ2v) is 5.03. The van der Waals surface area contributed by atoms with E-state index in [-0.39, 0.29) is 5.91 Å². The largest absolute Gasteiger partial charge is 0.463 e. The first-order chi connectivity index (χ1) is 11.3. The number of nitrogens with zero attached hydrogens (tertiary/aromatic N) is 3. The van der Waals surface area contributed by atoms with Crippen molar-refractivity contribution in [3.8, 4) is 11.5 Å². The number of amides is 1. The molecule has 0 saturated heterocycles. The summed E-state index contributed by atoms with van der Waals surface area (Å²) in [6, 6.07) is 11.0. The Bertz CT molecular complexity index is 919. The van der Waals surface area contributed by atoms with Crippen LogP contribution in [0.1, 0.15) is 16.2 Å². The summed E-state index contributed by atoms with van der Waals surface area (Å²) in [6.45, 7) is 0.337. The van der Waals surface area contributed by atoms with Gasteiger partial charge in [0.2, 0.25) is 0 Å². The molecule has 114 valence electrons. The van der Waals surface area contributed by atoms with Crippen LogP contribution in [0.4, 0.5) is 0 Å². The Kier molecular flexibility index (Phi) is 3.16. The second kappa shape index (κ2) is 5.45. The molecule has 7 nitrogen and oxygen atoms in total. The van der Waals surface area contributed by atoms with Gasteiger partial charge < -0.3 is 14.1 Å². The minimum absolute atomic E-state index is 0.267. The fraction of sp³-hybridized carbons (Fsp3) is 0.0625. The maximum Gasteiger partial charge on any atom is 0.272 e. The van der Waals surface area contributed by atoms with E-state index in [1.807, 2.05) is 35.0 Å². The van der Waals surface area contributed by atoms with E-state index in [4.69, 9.17) is 4.42 Å². The number of nitrogens with one attached hydrogen (secondary N) is 2. The number of aromatic nitrogens is 4. The highest BCUT2D eigenvalue weighted by molar-refractivity contribution is 5.93. The summed E-state index contributed by atoms with van der Waals surface area (Å²) < 4.78 is 7.17. The van der Waals surface area contributed by atoms with Gasteiger partial charge in [0, 0.05) is 18.5 Å². The highest BCUT2D eigenvalue weighted by atomic mass is 16.3. The van der Waals surface area contributed by atoms with Crippen molar-refractivity contribution in [1.29, 1.82) is 0 Å². The van der Waals surface area contributed by atoms with Crippen LogP contribution >= 0.6 is 0 Å². The SMILES string of the molecule is O=C(NCc1cn2ccccc2n1)c1cc(-c2ccco2)[nH]n1. The van der Waals surface area contributed by atoms with E-state index >= 15 is 0 Å². The summed E-state index contributed by atoms with van der Waals surface area (Å²) in [6.07, 6.45) is 5.37. The molecular formula is C16H13N5O2. The van der Waals surface area contributed by atoms with Crippen LogP contribution in [0, 0.1) is 0 Å². The minimum Gasteiger partial charge on any atom is -0.463 e. The summed E-state index contributed by atoms with van der Waals surface area (Å²) in [7, 11) is 0. The van der Waals surface area contributed by atoms with E-state index < -0.39 is 0 Å². The third-order valence-corrected chi connectivity index (χ3v) is 3.44. The molecule has 0 aliphatic carbocycles. The summed E-state index contributed by atoms with van der Waals surface area (Å²) >= 11 is 0. The van der Waals surface area contributed by atoms with Crippen molar-refractivity contribution in [2.75, 3.05) is 0 Å². The molecule has 23 heavy (non-hydrogen) atoms. The van der Waals surface area contributed by atoms with Crippen molar-refractivity contribution < 1.29 is 9.21 Å². The Morgan fingerprint density at radius 1 is 1.30 bits per heavy atom. The van der Waals surface area contributed by atoms with Crippen molar-refractivity contribution in [1.82, 2.24) is 24.9 Å². The number of imidazole rings is 1. The monoisotopic (exact) mass is 307 g/mol. The topological polar surface area (TPSA) is 88.2 Å². The lowest BCUT2D eigenvalue weighted by Gasteiger charge is -1.99. The smallest absolute Gasteiger partial charge is 0.272 e. The molecule has 0 aliphatic heterocycles. The molecule has 0 atom stereocenters. The normalized spacial score (nSPS) is 11.0. The van der Waals surface area contributed by atoms with Gasteiger partial charge in [-0.25, -0.2) is 4.98 Å². The first-order valence-corrected chi connectivity index (χ1v) is 7.10. The van der Waals surface area contributed by atoms with Gasteiger partial charge in [-0.15, -0.1) is 0 Å². The quantitative estimate of drug-likeness (QED) is 0.605. The Morgan fingerprint density at radius 3 is 3.09 bits per heavy atom. The van der Waals surface area contributed by atoms with E-state index in [1.165, 1.54) is 0 Å². The number of aromatic amines is 1. The Morgan fingerprint density at radius 2 is 2.26 bits per heavy atom. The molecule has 4 rings (SSSR count). The van der Waals surface area contributed by atoms with Crippen molar-refractivity contribution in [3.63, 3.8) is 0 Å². The molecule has 0 unspecified atom stereocenters. The van der Waals surface area contributed by atoms with Gasteiger partial charge >= 0.3 is 0 Å². The highest BCUT2D eigenvalue weighted by Crippen LogP contribution is 2.17. The number of H-pyrrole nitrogens is 1. The number of hydrogen-bond donors (Lipinski definition) is 2. The summed E-state index contributed by atoms with van der Waals surface area (Å²) in [5.41, 5.74) is 2.59. The molecule has 4 aromatic heterocycles. The fourth-order valence-electron chi connectivity index (χ4n) is 2.33. The average molecular weight is 307 g/mol. The lowest BCUT2D eigenvalue weighted by atomic mass is 10.3. The molecule has 0 radical (unpaired) electrons. The molecule has 4 heterocycles. The lowest BCUT2D eigenvalue weighted by Crippen LogP contribution is -2.23. The number of carbonyl (C=O) groups excluding carboxylic acids is 1. The van der Waals surface area contributed by atoms with Crippen LogP contribution in [-0.4, -0.2) is 25.5 Å². The average Bonchev–Trinajstić information content (AvgIpc) is 3.31. The van der Waals surface area contributed by atoms with E-state index in [0.29, 0.717) is 23.7 Å². The Balaban J connectivity index is 1.45. The van der Waals surface area contributed by atoms with Crippen LogP contribution in [0.15, 0.2) is 59.5 Å². The van der Waals surface area contributed by atoms with Gasteiger partial charge in [-0.05, 0) is 24.3 Å². The molecule has 7 heteroatoms. The van der Waals surface area contributed by atoms with Crippen molar-refractivity contribution >= 4 is 11.6 Å². The summed E-state index contributed by atoms with van der Waals surface area (Å²) in [5.74, 6) is 0.369. The van der Waals surface area contributed by atoms with Gasteiger partial charge in [0.05, 0.1) is 18.5 Å². The number of hydrogen-bond acceptors (Lipinski definition) is 4. The van der Waals surface area contributed by atoms with Crippen LogP contribution in [0.5, 0.6) is 0 Å². The maximum absolute atomic E-state index is 12.2.